The Kier molecular flexibility index (Phi) is 2.45. The highest BCUT2D eigenvalue weighted by atomic mass is 16.5. The van der Waals surface area contributed by atoms with Gasteiger partial charge in [0.05, 0.1) is 0 Å². The highest BCUT2D eigenvalue weighted by Crippen LogP contribution is 2.33. The molecule has 1 amide bonds. The van der Waals surface area contributed by atoms with Crippen molar-refractivity contribution in [3.63, 3.8) is 0 Å². The van der Waals surface area contributed by atoms with Crippen LogP contribution in [0.3, 0.4) is 0 Å². The van der Waals surface area contributed by atoms with Gasteiger partial charge in [0, 0.05) is 5.56 Å². The van der Waals surface area contributed by atoms with E-state index in [2.05, 4.69) is 10.9 Å². The number of nitrogens with one attached hydrogen (secondary N) is 2. The first-order valence-corrected chi connectivity index (χ1v) is 4.74. The second-order valence-corrected chi connectivity index (χ2v) is 3.70. The summed E-state index contributed by atoms with van der Waals surface area (Å²) in [7, 11) is 0. The molecule has 0 radical (unpaired) electrons. The van der Waals surface area contributed by atoms with Crippen LogP contribution >= 0.6 is 0 Å². The van der Waals surface area contributed by atoms with Crippen LogP contribution in [-0.4, -0.2) is 22.7 Å². The summed E-state index contributed by atoms with van der Waals surface area (Å²) in [5, 5.41) is 19.0. The molecule has 1 saturated heterocycles. The lowest BCUT2D eigenvalue weighted by Crippen LogP contribution is -2.58. The molecule has 4 N–H and O–H groups in total. The van der Waals surface area contributed by atoms with Gasteiger partial charge in [-0.2, -0.15) is 5.43 Å². The summed E-state index contributed by atoms with van der Waals surface area (Å²) >= 11 is 0. The number of hydrogen-bond acceptors (Lipinski definition) is 5. The summed E-state index contributed by atoms with van der Waals surface area (Å²) in [5.74, 6) is -0.308. The molecule has 1 atom stereocenters. The second-order valence-electron chi connectivity index (χ2n) is 3.70. The molecule has 6 nitrogen and oxygen atoms in total. The first-order chi connectivity index (χ1) is 7.51. The van der Waals surface area contributed by atoms with Crippen molar-refractivity contribution in [2.24, 2.45) is 0 Å². The van der Waals surface area contributed by atoms with E-state index in [0.717, 1.165) is 0 Å². The summed E-state index contributed by atoms with van der Waals surface area (Å²) in [4.78, 5) is 10.9. The third-order valence-electron chi connectivity index (χ3n) is 2.43. The van der Waals surface area contributed by atoms with E-state index >= 15 is 0 Å². The molecule has 1 fully saturated rings. The minimum Gasteiger partial charge on any atom is -0.508 e. The normalized spacial score (nSPS) is 25.2. The number of aromatic hydroxyl groups is 2. The smallest absolute Gasteiger partial charge is 0.260 e. The Labute approximate surface area is 91.8 Å². The number of carbonyl (C=O) groups excluding carboxylic acids is 1. The van der Waals surface area contributed by atoms with Crippen LogP contribution in [0.4, 0.5) is 0 Å². The van der Waals surface area contributed by atoms with Crippen LogP contribution < -0.4 is 10.9 Å². The minimum atomic E-state index is -1.06. The zero-order chi connectivity index (χ0) is 11.8. The maximum Gasteiger partial charge on any atom is 0.260 e. The summed E-state index contributed by atoms with van der Waals surface area (Å²) in [6, 6.07) is 4.10. The maximum absolute atomic E-state index is 10.9. The predicted molar refractivity (Wildman–Crippen MR) is 54.4 cm³/mol. The minimum absolute atomic E-state index is 0.0105. The topological polar surface area (TPSA) is 90.8 Å². The second kappa shape index (κ2) is 3.66. The lowest BCUT2D eigenvalue weighted by molar-refractivity contribution is -0.155. The van der Waals surface area contributed by atoms with Crippen molar-refractivity contribution in [2.45, 2.75) is 12.6 Å². The van der Waals surface area contributed by atoms with Gasteiger partial charge in [0.1, 0.15) is 18.1 Å². The van der Waals surface area contributed by atoms with Crippen LogP contribution in [0.15, 0.2) is 18.2 Å². The van der Waals surface area contributed by atoms with E-state index in [-0.39, 0.29) is 24.0 Å². The molecule has 1 aliphatic heterocycles. The van der Waals surface area contributed by atoms with E-state index in [9.17, 15) is 15.0 Å². The molecule has 6 heteroatoms. The number of hydrogen-bond donors (Lipinski definition) is 4. The standard InChI is InChI=1S/C10H12N2O4/c1-10(12-11-9(15)5-16-10)7-4-6(13)2-3-8(7)14/h2-4,12-14H,5H2,1H3,(H,11,15)/t10-/m0/s1. The number of benzene rings is 1. The third-order valence-corrected chi connectivity index (χ3v) is 2.43. The molecule has 1 aromatic carbocycles. The Morgan fingerprint density at radius 2 is 2.19 bits per heavy atom. The number of phenols is 2. The Morgan fingerprint density at radius 1 is 1.44 bits per heavy atom. The predicted octanol–water partition coefficient (Wildman–Crippen LogP) is -0.0785. The van der Waals surface area contributed by atoms with E-state index in [1.807, 2.05) is 0 Å². The number of phenolic OH excluding ortho intramolecular Hbond substituents is 2. The van der Waals surface area contributed by atoms with Crippen molar-refractivity contribution in [3.05, 3.63) is 23.8 Å². The average molecular weight is 224 g/mol. The Bertz CT molecular complexity index is 423. The largest absolute Gasteiger partial charge is 0.508 e. The number of carbonyl (C=O) groups is 1. The van der Waals surface area contributed by atoms with Gasteiger partial charge in [-0.05, 0) is 25.1 Å². The van der Waals surface area contributed by atoms with Crippen molar-refractivity contribution in [3.8, 4) is 11.5 Å². The van der Waals surface area contributed by atoms with Gasteiger partial charge in [-0.15, -0.1) is 0 Å². The van der Waals surface area contributed by atoms with Gasteiger partial charge < -0.3 is 14.9 Å². The van der Waals surface area contributed by atoms with E-state index in [4.69, 9.17) is 4.74 Å². The zero-order valence-electron chi connectivity index (χ0n) is 8.65. The van der Waals surface area contributed by atoms with Crippen molar-refractivity contribution in [1.82, 2.24) is 10.9 Å². The molecule has 86 valence electrons. The van der Waals surface area contributed by atoms with Gasteiger partial charge in [0.25, 0.3) is 5.91 Å². The Balaban J connectivity index is 2.35. The van der Waals surface area contributed by atoms with Gasteiger partial charge in [0.15, 0.2) is 5.72 Å². The van der Waals surface area contributed by atoms with Crippen molar-refractivity contribution in [2.75, 3.05) is 6.61 Å². The molecular formula is C10H12N2O4. The maximum atomic E-state index is 10.9. The highest BCUT2D eigenvalue weighted by molar-refractivity contribution is 5.77. The van der Waals surface area contributed by atoms with Crippen LogP contribution in [0.1, 0.15) is 12.5 Å². The monoisotopic (exact) mass is 224 g/mol. The molecule has 0 aliphatic carbocycles. The van der Waals surface area contributed by atoms with Gasteiger partial charge >= 0.3 is 0 Å². The summed E-state index contributed by atoms with van der Waals surface area (Å²) < 4.78 is 5.31. The first-order valence-electron chi connectivity index (χ1n) is 4.74. The molecule has 0 bridgehead atoms. The van der Waals surface area contributed by atoms with E-state index in [0.29, 0.717) is 5.56 Å². The molecule has 1 aliphatic rings. The number of amides is 1. The van der Waals surface area contributed by atoms with Crippen LogP contribution in [0, 0.1) is 0 Å². The number of rotatable bonds is 1. The fourth-order valence-corrected chi connectivity index (χ4v) is 1.52. The SMILES string of the molecule is C[C@]1(c2cc(O)ccc2O)NNC(=O)CO1. The average Bonchev–Trinajstić information content (AvgIpc) is 2.26. The fraction of sp³-hybridized carbons (Fsp3) is 0.300. The van der Waals surface area contributed by atoms with E-state index in [1.165, 1.54) is 18.2 Å². The lowest BCUT2D eigenvalue weighted by atomic mass is 10.0. The van der Waals surface area contributed by atoms with Crippen LogP contribution in [0.25, 0.3) is 0 Å². The third kappa shape index (κ3) is 1.80. The Morgan fingerprint density at radius 3 is 2.81 bits per heavy atom. The van der Waals surface area contributed by atoms with Crippen molar-refractivity contribution in [1.29, 1.82) is 0 Å². The summed E-state index contributed by atoms with van der Waals surface area (Å²) in [6.45, 7) is 1.53. The fourth-order valence-electron chi connectivity index (χ4n) is 1.52. The molecule has 2 rings (SSSR count). The van der Waals surface area contributed by atoms with Crippen LogP contribution in [-0.2, 0) is 15.3 Å². The number of ether oxygens (including phenoxy) is 1. The van der Waals surface area contributed by atoms with Gasteiger partial charge in [-0.3, -0.25) is 10.2 Å². The molecule has 0 spiro atoms. The highest BCUT2D eigenvalue weighted by Gasteiger charge is 2.35. The molecule has 1 aromatic rings. The van der Waals surface area contributed by atoms with Crippen LogP contribution in [0.5, 0.6) is 11.5 Å². The van der Waals surface area contributed by atoms with E-state index < -0.39 is 5.72 Å². The van der Waals surface area contributed by atoms with Crippen molar-refractivity contribution >= 4 is 5.91 Å². The van der Waals surface area contributed by atoms with Crippen molar-refractivity contribution < 1.29 is 19.7 Å². The summed E-state index contributed by atoms with van der Waals surface area (Å²) in [6.07, 6.45) is 0. The molecule has 16 heavy (non-hydrogen) atoms. The molecule has 0 saturated carbocycles. The molecule has 0 aromatic heterocycles. The zero-order valence-corrected chi connectivity index (χ0v) is 8.65. The molecular weight excluding hydrogens is 212 g/mol. The first kappa shape index (κ1) is 10.7. The van der Waals surface area contributed by atoms with Gasteiger partial charge in [-0.1, -0.05) is 0 Å². The Hall–Kier alpha value is -1.79. The quantitative estimate of drug-likeness (QED) is 0.501. The van der Waals surface area contributed by atoms with Gasteiger partial charge in [0.2, 0.25) is 0 Å². The molecule has 1 heterocycles. The lowest BCUT2D eigenvalue weighted by Gasteiger charge is -2.35. The summed E-state index contributed by atoms with van der Waals surface area (Å²) in [5.41, 5.74) is 4.34. The number of hydrazine groups is 1. The molecule has 0 unspecified atom stereocenters. The van der Waals surface area contributed by atoms with Gasteiger partial charge in [-0.25, -0.2) is 0 Å². The van der Waals surface area contributed by atoms with Crippen LogP contribution in [0.2, 0.25) is 0 Å². The van der Waals surface area contributed by atoms with E-state index in [1.54, 1.807) is 6.92 Å².